The van der Waals surface area contributed by atoms with Crippen molar-refractivity contribution in [1.29, 1.82) is 0 Å². The fourth-order valence-electron chi connectivity index (χ4n) is 6.23. The molecule has 1 aromatic carbocycles. The molecule has 3 aliphatic carbocycles. The molecule has 1 saturated heterocycles. The van der Waals surface area contributed by atoms with Crippen molar-refractivity contribution in [3.8, 4) is 17.1 Å². The molecule has 4 unspecified atom stereocenters. The van der Waals surface area contributed by atoms with Gasteiger partial charge in [0, 0.05) is 37.2 Å². The van der Waals surface area contributed by atoms with Gasteiger partial charge in [-0.3, -0.25) is 9.48 Å². The third-order valence-electron chi connectivity index (χ3n) is 8.18. The molecule has 4 fully saturated rings. The summed E-state index contributed by atoms with van der Waals surface area (Å²) in [6.45, 7) is 0.551. The summed E-state index contributed by atoms with van der Waals surface area (Å²) in [5.74, 6) is 1.08. The number of carbonyl (C=O) groups excluding carboxylic acids is 1. The molecular formula is C27H29F2N5O2. The maximum Gasteiger partial charge on any atom is 0.226 e. The number of hydrogen-bond donors (Lipinski definition) is 0. The molecule has 0 spiro atoms. The van der Waals surface area contributed by atoms with Crippen molar-refractivity contribution >= 4 is 5.91 Å². The zero-order chi connectivity index (χ0) is 24.8. The number of likely N-dealkylation sites (tertiary alicyclic amines) is 1. The van der Waals surface area contributed by atoms with E-state index in [1.807, 2.05) is 13.2 Å². The first-order chi connectivity index (χ1) is 17.4. The first-order valence-corrected chi connectivity index (χ1v) is 12.6. The van der Waals surface area contributed by atoms with Crippen LogP contribution in [0.1, 0.15) is 37.3 Å². The molecule has 2 bridgehead atoms. The summed E-state index contributed by atoms with van der Waals surface area (Å²) in [7, 11) is 1.85. The molecule has 9 heteroatoms. The quantitative estimate of drug-likeness (QED) is 0.510. The number of fused-ring (bicyclic) bond motifs is 2. The molecule has 7 rings (SSSR count). The van der Waals surface area contributed by atoms with Crippen molar-refractivity contribution in [2.45, 2.75) is 37.9 Å². The summed E-state index contributed by atoms with van der Waals surface area (Å²) >= 11 is 0. The number of rotatable bonds is 6. The Kier molecular flexibility index (Phi) is 5.93. The van der Waals surface area contributed by atoms with Crippen LogP contribution in [-0.4, -0.2) is 49.9 Å². The van der Waals surface area contributed by atoms with Crippen LogP contribution in [0.25, 0.3) is 11.3 Å². The number of ether oxygens (including phenoxy) is 1. The molecule has 0 radical (unpaired) electrons. The van der Waals surface area contributed by atoms with Crippen LogP contribution in [0.4, 0.5) is 8.78 Å². The summed E-state index contributed by atoms with van der Waals surface area (Å²) < 4.78 is 36.1. The van der Waals surface area contributed by atoms with E-state index in [0.29, 0.717) is 29.9 Å². The smallest absolute Gasteiger partial charge is 0.226 e. The summed E-state index contributed by atoms with van der Waals surface area (Å²) in [5, 5.41) is 4.19. The number of nitrogens with zero attached hydrogens (tertiary/aromatic N) is 5. The fraction of sp³-hybridized carbons (Fsp3) is 0.481. The van der Waals surface area contributed by atoms with Gasteiger partial charge in [0.1, 0.15) is 18.3 Å². The van der Waals surface area contributed by atoms with Crippen molar-refractivity contribution < 1.29 is 18.3 Å². The maximum absolute atomic E-state index is 14.5. The van der Waals surface area contributed by atoms with Gasteiger partial charge in [0.05, 0.1) is 31.1 Å². The average molecular weight is 494 g/mol. The molecule has 36 heavy (non-hydrogen) atoms. The van der Waals surface area contributed by atoms with Crippen LogP contribution in [0.5, 0.6) is 5.88 Å². The minimum atomic E-state index is -1.09. The van der Waals surface area contributed by atoms with Gasteiger partial charge in [0.15, 0.2) is 0 Å². The summed E-state index contributed by atoms with van der Waals surface area (Å²) in [6, 6.07) is 7.58. The molecule has 3 saturated carbocycles. The second-order valence-corrected chi connectivity index (χ2v) is 10.4. The molecule has 3 aromatic rings. The van der Waals surface area contributed by atoms with Gasteiger partial charge >= 0.3 is 0 Å². The van der Waals surface area contributed by atoms with E-state index in [1.165, 1.54) is 18.5 Å². The fourth-order valence-corrected chi connectivity index (χ4v) is 6.23. The van der Waals surface area contributed by atoms with Gasteiger partial charge in [0.2, 0.25) is 11.8 Å². The Balaban J connectivity index is 1.13. The van der Waals surface area contributed by atoms with Crippen molar-refractivity contribution in [1.82, 2.24) is 24.6 Å². The summed E-state index contributed by atoms with van der Waals surface area (Å²) in [5.41, 5.74) is 2.30. The third-order valence-corrected chi connectivity index (χ3v) is 8.18. The monoisotopic (exact) mass is 493 g/mol. The highest BCUT2D eigenvalue weighted by atomic mass is 19.1. The van der Waals surface area contributed by atoms with Gasteiger partial charge in [-0.1, -0.05) is 12.1 Å². The maximum atomic E-state index is 14.5. The van der Waals surface area contributed by atoms with E-state index in [0.717, 1.165) is 30.5 Å². The van der Waals surface area contributed by atoms with E-state index in [4.69, 9.17) is 4.74 Å². The van der Waals surface area contributed by atoms with Gasteiger partial charge in [-0.15, -0.1) is 0 Å². The van der Waals surface area contributed by atoms with Crippen molar-refractivity contribution in [3.05, 3.63) is 60.4 Å². The Morgan fingerprint density at radius 1 is 1.14 bits per heavy atom. The van der Waals surface area contributed by atoms with Crippen LogP contribution in [0.15, 0.2) is 49.1 Å². The van der Waals surface area contributed by atoms with E-state index < -0.39 is 12.2 Å². The number of hydrogen-bond acceptors (Lipinski definition) is 5. The zero-order valence-corrected chi connectivity index (χ0v) is 20.1. The highest BCUT2D eigenvalue weighted by Gasteiger charge is 2.51. The molecule has 188 valence electrons. The standard InChI is InChI=1S/C27H29F2N5O2/c1-33-12-20(11-32-33)24-10-26(31-15-30-24)36-14-19-8-23(18-5-17(19)6-18)27(35)34-13-22(29)9-25(34)16-3-2-4-21(28)7-16/h2-4,7,10-12,15,17-19,22-23,25H,5-6,8-9,13-14H2,1H3. The number of halogens is 2. The molecular weight excluding hydrogens is 464 g/mol. The third kappa shape index (κ3) is 4.35. The second kappa shape index (κ2) is 9.26. The lowest BCUT2D eigenvalue weighted by Crippen LogP contribution is -2.50. The molecule has 1 amide bonds. The number of benzene rings is 1. The minimum Gasteiger partial charge on any atom is -0.477 e. The van der Waals surface area contributed by atoms with Gasteiger partial charge in [-0.25, -0.2) is 18.7 Å². The van der Waals surface area contributed by atoms with E-state index in [1.54, 1.807) is 34.0 Å². The van der Waals surface area contributed by atoms with Crippen LogP contribution in [0.2, 0.25) is 0 Å². The largest absolute Gasteiger partial charge is 0.477 e. The highest BCUT2D eigenvalue weighted by Crippen LogP contribution is 2.53. The highest BCUT2D eigenvalue weighted by molar-refractivity contribution is 5.80. The Morgan fingerprint density at radius 3 is 2.78 bits per heavy atom. The van der Waals surface area contributed by atoms with Crippen molar-refractivity contribution in [2.75, 3.05) is 13.2 Å². The first kappa shape index (κ1) is 23.1. The van der Waals surface area contributed by atoms with Crippen molar-refractivity contribution in [3.63, 3.8) is 0 Å². The number of alkyl halides is 1. The number of aryl methyl sites for hydroxylation is 1. The summed E-state index contributed by atoms with van der Waals surface area (Å²) in [4.78, 5) is 23.9. The molecule has 3 heterocycles. The van der Waals surface area contributed by atoms with Crippen LogP contribution in [0.3, 0.4) is 0 Å². The number of amides is 1. The van der Waals surface area contributed by atoms with E-state index in [2.05, 4.69) is 15.1 Å². The van der Waals surface area contributed by atoms with Gasteiger partial charge in [0.25, 0.3) is 0 Å². The average Bonchev–Trinajstić information content (AvgIpc) is 3.47. The lowest BCUT2D eigenvalue weighted by atomic mass is 9.55. The van der Waals surface area contributed by atoms with Crippen LogP contribution >= 0.6 is 0 Å². The lowest BCUT2D eigenvalue weighted by Gasteiger charge is -2.51. The van der Waals surface area contributed by atoms with Gasteiger partial charge < -0.3 is 9.64 Å². The second-order valence-electron chi connectivity index (χ2n) is 10.4. The predicted octanol–water partition coefficient (Wildman–Crippen LogP) is 4.37. The van der Waals surface area contributed by atoms with Gasteiger partial charge in [-0.05, 0) is 54.7 Å². The first-order valence-electron chi connectivity index (χ1n) is 12.6. The molecule has 0 N–H and O–H groups in total. The number of aromatic nitrogens is 4. The lowest BCUT2D eigenvalue weighted by molar-refractivity contribution is -0.147. The number of carbonyl (C=O) groups is 1. The molecule has 2 aromatic heterocycles. The van der Waals surface area contributed by atoms with E-state index >= 15 is 0 Å². The summed E-state index contributed by atoms with van der Waals surface area (Å²) in [6.07, 6.45) is 6.94. The molecule has 4 aliphatic rings. The molecule has 7 nitrogen and oxygen atoms in total. The SMILES string of the molecule is Cn1cc(-c2cc(OCC3CC(C(=O)N4CC(F)CC4c4cccc(F)c4)C4CC3C4)ncn2)cn1. The zero-order valence-electron chi connectivity index (χ0n) is 20.1. The van der Waals surface area contributed by atoms with Crippen molar-refractivity contribution in [2.24, 2.45) is 30.7 Å². The minimum absolute atomic E-state index is 0.00142. The van der Waals surface area contributed by atoms with Crippen LogP contribution < -0.4 is 4.74 Å². The Hall–Kier alpha value is -3.36. The van der Waals surface area contributed by atoms with E-state index in [-0.39, 0.29) is 36.5 Å². The Labute approximate surface area is 208 Å². The van der Waals surface area contributed by atoms with Crippen LogP contribution in [0, 0.1) is 29.5 Å². The topological polar surface area (TPSA) is 73.1 Å². The molecule has 4 atom stereocenters. The Morgan fingerprint density at radius 2 is 2.00 bits per heavy atom. The van der Waals surface area contributed by atoms with Gasteiger partial charge in [-0.2, -0.15) is 5.10 Å². The normalized spacial score (nSPS) is 29.1. The predicted molar refractivity (Wildman–Crippen MR) is 128 cm³/mol. The molecule has 1 aliphatic heterocycles. The van der Waals surface area contributed by atoms with Crippen LogP contribution in [-0.2, 0) is 11.8 Å². The Bertz CT molecular complexity index is 1260. The van der Waals surface area contributed by atoms with E-state index in [9.17, 15) is 13.6 Å².